The van der Waals surface area contributed by atoms with E-state index in [1.165, 1.54) is 0 Å². The summed E-state index contributed by atoms with van der Waals surface area (Å²) in [6, 6.07) is 0. The van der Waals surface area contributed by atoms with Crippen molar-refractivity contribution in [2.45, 2.75) is 0 Å². The Kier molecular flexibility index (Phi) is 2.76. The molecule has 0 saturated heterocycles. The molecule has 12 heavy (non-hydrogen) atoms. The largest absolute Gasteiger partial charge is 0.202 e. The zero-order valence-electron chi connectivity index (χ0n) is 5.27. The summed E-state index contributed by atoms with van der Waals surface area (Å²) < 4.78 is 37.5. The van der Waals surface area contributed by atoms with Crippen LogP contribution in [0.2, 0.25) is 15.1 Å². The zero-order chi connectivity index (χ0) is 9.46. The maximum atomic E-state index is 12.5. The summed E-state index contributed by atoms with van der Waals surface area (Å²) in [7, 11) is 0. The van der Waals surface area contributed by atoms with Gasteiger partial charge in [0.05, 0.1) is 15.1 Å². The molecule has 1 rings (SSSR count). The van der Waals surface area contributed by atoms with E-state index in [-0.39, 0.29) is 0 Å². The van der Waals surface area contributed by atoms with Crippen molar-refractivity contribution in [3.63, 3.8) is 0 Å². The van der Waals surface area contributed by atoms with Crippen LogP contribution in [0, 0.1) is 17.5 Å². The summed E-state index contributed by atoms with van der Waals surface area (Å²) in [5.74, 6) is -4.80. The Labute approximate surface area is 80.8 Å². The van der Waals surface area contributed by atoms with Gasteiger partial charge in [0.15, 0.2) is 17.5 Å². The third kappa shape index (κ3) is 1.37. The summed E-state index contributed by atoms with van der Waals surface area (Å²) in [5, 5.41) is -1.98. The van der Waals surface area contributed by atoms with E-state index in [0.29, 0.717) is 0 Å². The van der Waals surface area contributed by atoms with Crippen LogP contribution in [0.15, 0.2) is 0 Å². The fraction of sp³-hybridized carbons (Fsp3) is 0. The van der Waals surface area contributed by atoms with Crippen molar-refractivity contribution in [3.8, 4) is 0 Å². The standard InChI is InChI=1S/C6Cl3F3/c7-1-2(8)4(10)6(12)5(11)3(1)9. The highest BCUT2D eigenvalue weighted by Crippen LogP contribution is 2.35. The molecule has 0 aliphatic rings. The maximum absolute atomic E-state index is 12.5. The van der Waals surface area contributed by atoms with Gasteiger partial charge < -0.3 is 0 Å². The molecule has 0 aromatic heterocycles. The van der Waals surface area contributed by atoms with E-state index in [2.05, 4.69) is 0 Å². The van der Waals surface area contributed by atoms with Crippen molar-refractivity contribution in [2.24, 2.45) is 0 Å². The maximum Gasteiger partial charge on any atom is 0.197 e. The van der Waals surface area contributed by atoms with Crippen molar-refractivity contribution in [3.05, 3.63) is 32.5 Å². The normalized spacial score (nSPS) is 10.5. The molecule has 0 aliphatic carbocycles. The second-order valence-electron chi connectivity index (χ2n) is 1.88. The smallest absolute Gasteiger partial charge is 0.197 e. The highest BCUT2D eigenvalue weighted by Gasteiger charge is 2.21. The number of halogens is 6. The molecule has 0 aliphatic heterocycles. The van der Waals surface area contributed by atoms with E-state index < -0.39 is 32.5 Å². The molecule has 0 fully saturated rings. The third-order valence-corrected chi connectivity index (χ3v) is 2.44. The predicted octanol–water partition coefficient (Wildman–Crippen LogP) is 4.06. The lowest BCUT2D eigenvalue weighted by Gasteiger charge is -2.02. The zero-order valence-corrected chi connectivity index (χ0v) is 7.54. The van der Waals surface area contributed by atoms with E-state index in [9.17, 15) is 13.2 Å². The van der Waals surface area contributed by atoms with Gasteiger partial charge in [0, 0.05) is 0 Å². The predicted molar refractivity (Wildman–Crippen MR) is 41.3 cm³/mol. The van der Waals surface area contributed by atoms with Crippen LogP contribution in [0.3, 0.4) is 0 Å². The van der Waals surface area contributed by atoms with E-state index in [0.717, 1.165) is 0 Å². The molecule has 0 saturated carbocycles. The van der Waals surface area contributed by atoms with Crippen LogP contribution >= 0.6 is 34.8 Å². The minimum Gasteiger partial charge on any atom is -0.202 e. The molecule has 1 aromatic rings. The highest BCUT2D eigenvalue weighted by atomic mass is 35.5. The van der Waals surface area contributed by atoms with E-state index in [1.54, 1.807) is 0 Å². The van der Waals surface area contributed by atoms with Crippen LogP contribution in [0.25, 0.3) is 0 Å². The van der Waals surface area contributed by atoms with Crippen molar-refractivity contribution in [1.82, 2.24) is 0 Å². The van der Waals surface area contributed by atoms with Gasteiger partial charge in [-0.05, 0) is 0 Å². The number of rotatable bonds is 0. The Balaban J connectivity index is 3.60. The average molecular weight is 235 g/mol. The second kappa shape index (κ2) is 3.32. The first-order valence-electron chi connectivity index (χ1n) is 2.63. The molecule has 0 unspecified atom stereocenters. The minimum absolute atomic E-state index is 0.533. The second-order valence-corrected chi connectivity index (χ2v) is 3.02. The lowest BCUT2D eigenvalue weighted by Crippen LogP contribution is -1.93. The summed E-state index contributed by atoms with van der Waals surface area (Å²) in [6.07, 6.45) is 0. The molecular formula is C6Cl3F3. The van der Waals surface area contributed by atoms with Crippen molar-refractivity contribution in [1.29, 1.82) is 0 Å². The van der Waals surface area contributed by atoms with Gasteiger partial charge in [0.1, 0.15) is 0 Å². The van der Waals surface area contributed by atoms with E-state index >= 15 is 0 Å². The molecule has 0 N–H and O–H groups in total. The van der Waals surface area contributed by atoms with Gasteiger partial charge in [-0.15, -0.1) is 0 Å². The van der Waals surface area contributed by atoms with Gasteiger partial charge >= 0.3 is 0 Å². The lowest BCUT2D eigenvalue weighted by atomic mass is 10.3. The Morgan fingerprint density at radius 2 is 0.917 bits per heavy atom. The molecule has 0 nitrogen and oxygen atoms in total. The Morgan fingerprint density at radius 3 is 1.25 bits per heavy atom. The highest BCUT2D eigenvalue weighted by molar-refractivity contribution is 6.48. The first kappa shape index (κ1) is 9.96. The number of benzene rings is 1. The molecule has 0 spiro atoms. The Morgan fingerprint density at radius 1 is 0.583 bits per heavy atom. The fourth-order valence-electron chi connectivity index (χ4n) is 0.578. The Hall–Kier alpha value is -0.120. The molecule has 1 aromatic carbocycles. The molecule has 0 radical (unpaired) electrons. The van der Waals surface area contributed by atoms with Crippen LogP contribution in [0.1, 0.15) is 0 Å². The number of hydrogen-bond acceptors (Lipinski definition) is 0. The van der Waals surface area contributed by atoms with Crippen molar-refractivity contribution >= 4 is 34.8 Å². The van der Waals surface area contributed by atoms with Gasteiger partial charge in [0.2, 0.25) is 0 Å². The summed E-state index contributed by atoms with van der Waals surface area (Å²) in [6.45, 7) is 0. The fourth-order valence-corrected chi connectivity index (χ4v) is 1.15. The van der Waals surface area contributed by atoms with Gasteiger partial charge in [0.25, 0.3) is 0 Å². The van der Waals surface area contributed by atoms with Crippen molar-refractivity contribution < 1.29 is 13.2 Å². The first-order chi connectivity index (χ1) is 5.46. The molecule has 6 heteroatoms. The average Bonchev–Trinajstić information content (AvgIpc) is 2.08. The van der Waals surface area contributed by atoms with Crippen molar-refractivity contribution in [2.75, 3.05) is 0 Å². The molecule has 0 atom stereocenters. The van der Waals surface area contributed by atoms with Gasteiger partial charge in [-0.1, -0.05) is 34.8 Å². The summed E-state index contributed by atoms with van der Waals surface area (Å²) in [4.78, 5) is 0. The minimum atomic E-state index is -1.73. The molecule has 0 bridgehead atoms. The lowest BCUT2D eigenvalue weighted by molar-refractivity contribution is 0.448. The summed E-state index contributed by atoms with van der Waals surface area (Å²) >= 11 is 15.6. The van der Waals surface area contributed by atoms with Crippen LogP contribution in [0.5, 0.6) is 0 Å². The van der Waals surface area contributed by atoms with Crippen LogP contribution in [-0.4, -0.2) is 0 Å². The van der Waals surface area contributed by atoms with Crippen LogP contribution < -0.4 is 0 Å². The molecule has 0 heterocycles. The van der Waals surface area contributed by atoms with Gasteiger partial charge in [-0.25, -0.2) is 13.2 Å². The molecular weight excluding hydrogens is 235 g/mol. The SMILES string of the molecule is Fc1c(F)c(Cl)c(Cl)c(Cl)c1F. The quantitative estimate of drug-likeness (QED) is 0.470. The molecule has 0 amide bonds. The van der Waals surface area contributed by atoms with E-state index in [1.807, 2.05) is 0 Å². The monoisotopic (exact) mass is 234 g/mol. The first-order valence-corrected chi connectivity index (χ1v) is 3.77. The van der Waals surface area contributed by atoms with E-state index in [4.69, 9.17) is 34.8 Å². The van der Waals surface area contributed by atoms with Gasteiger partial charge in [-0.2, -0.15) is 0 Å². The molecule has 66 valence electrons. The third-order valence-electron chi connectivity index (χ3n) is 1.16. The van der Waals surface area contributed by atoms with Crippen LogP contribution in [-0.2, 0) is 0 Å². The summed E-state index contributed by atoms with van der Waals surface area (Å²) in [5.41, 5.74) is 0. The number of hydrogen-bond donors (Lipinski definition) is 0. The Bertz CT molecular complexity index is 232. The van der Waals surface area contributed by atoms with Gasteiger partial charge in [-0.3, -0.25) is 0 Å². The van der Waals surface area contributed by atoms with Crippen LogP contribution in [0.4, 0.5) is 13.2 Å². The topological polar surface area (TPSA) is 0 Å².